The Balaban J connectivity index is 2.29. The molecule has 100 valence electrons. The van der Waals surface area contributed by atoms with Gasteiger partial charge in [0, 0.05) is 25.7 Å². The first-order valence-electron chi connectivity index (χ1n) is 5.98. The molecule has 0 aliphatic carbocycles. The van der Waals surface area contributed by atoms with Crippen molar-refractivity contribution in [2.75, 3.05) is 31.1 Å². The molecule has 1 fully saturated rings. The second kappa shape index (κ2) is 5.69. The topological polar surface area (TPSA) is 70.4 Å². The van der Waals surface area contributed by atoms with Gasteiger partial charge in [0.15, 0.2) is 0 Å². The Morgan fingerprint density at radius 1 is 1.67 bits per heavy atom. The van der Waals surface area contributed by atoms with E-state index >= 15 is 0 Å². The summed E-state index contributed by atoms with van der Waals surface area (Å²) < 4.78 is 1.18. The lowest BCUT2D eigenvalue weighted by Crippen LogP contribution is -2.49. The van der Waals surface area contributed by atoms with E-state index in [9.17, 15) is 4.79 Å². The van der Waals surface area contributed by atoms with Crippen molar-refractivity contribution in [3.05, 3.63) is 21.6 Å². The molecule has 0 unspecified atom stereocenters. The van der Waals surface area contributed by atoms with Crippen molar-refractivity contribution in [3.8, 4) is 0 Å². The van der Waals surface area contributed by atoms with Crippen molar-refractivity contribution in [3.63, 3.8) is 0 Å². The molecule has 0 radical (unpaired) electrons. The number of aliphatic hydroxyl groups excluding tert-OH is 1. The van der Waals surface area contributed by atoms with Crippen LogP contribution in [0.1, 0.15) is 6.92 Å². The third-order valence-electron chi connectivity index (χ3n) is 2.99. The van der Waals surface area contributed by atoms with E-state index in [1.165, 1.54) is 4.68 Å². The molecule has 0 aromatic carbocycles. The summed E-state index contributed by atoms with van der Waals surface area (Å²) in [7, 11) is 0. The monoisotopic (exact) mass is 272 g/mol. The van der Waals surface area contributed by atoms with Crippen LogP contribution in [0.4, 0.5) is 5.69 Å². The lowest BCUT2D eigenvalue weighted by molar-refractivity contribution is 0.266. The first-order valence-corrected chi connectivity index (χ1v) is 6.36. The minimum Gasteiger partial charge on any atom is -0.394 e. The summed E-state index contributed by atoms with van der Waals surface area (Å²) in [6.07, 6.45) is 1.59. The van der Waals surface area contributed by atoms with Crippen LogP contribution >= 0.6 is 11.6 Å². The first-order chi connectivity index (χ1) is 8.63. The van der Waals surface area contributed by atoms with Crippen LogP contribution < -0.4 is 15.8 Å². The molecule has 2 rings (SSSR count). The van der Waals surface area contributed by atoms with Crippen molar-refractivity contribution in [2.45, 2.75) is 19.5 Å². The molecular formula is C11H17ClN4O2. The number of aliphatic hydroxyl groups is 1. The zero-order valence-corrected chi connectivity index (χ0v) is 11.0. The number of rotatable bonds is 3. The highest BCUT2D eigenvalue weighted by molar-refractivity contribution is 6.33. The molecular weight excluding hydrogens is 256 g/mol. The van der Waals surface area contributed by atoms with Crippen LogP contribution in [0.25, 0.3) is 0 Å². The fourth-order valence-electron chi connectivity index (χ4n) is 2.08. The van der Waals surface area contributed by atoms with Gasteiger partial charge < -0.3 is 15.3 Å². The number of hydrogen-bond donors (Lipinski definition) is 2. The van der Waals surface area contributed by atoms with Crippen molar-refractivity contribution in [1.29, 1.82) is 0 Å². The molecule has 1 saturated heterocycles. The van der Waals surface area contributed by atoms with Gasteiger partial charge in [0.25, 0.3) is 5.56 Å². The predicted molar refractivity (Wildman–Crippen MR) is 70.3 cm³/mol. The molecule has 7 heteroatoms. The van der Waals surface area contributed by atoms with Crippen molar-refractivity contribution < 1.29 is 5.11 Å². The first kappa shape index (κ1) is 13.3. The second-order valence-corrected chi connectivity index (χ2v) is 4.77. The van der Waals surface area contributed by atoms with Crippen LogP contribution in [0.5, 0.6) is 0 Å². The fraction of sp³-hybridized carbons (Fsp3) is 0.636. The molecule has 2 N–H and O–H groups in total. The zero-order chi connectivity index (χ0) is 13.1. The van der Waals surface area contributed by atoms with Crippen LogP contribution in [0.15, 0.2) is 11.0 Å². The quantitative estimate of drug-likeness (QED) is 0.790. The number of anilines is 1. The van der Waals surface area contributed by atoms with Gasteiger partial charge in [0.1, 0.15) is 5.02 Å². The molecule has 1 atom stereocenters. The molecule has 0 saturated carbocycles. The van der Waals surface area contributed by atoms with E-state index in [-0.39, 0.29) is 23.7 Å². The molecule has 1 aromatic rings. The Morgan fingerprint density at radius 3 is 3.11 bits per heavy atom. The highest BCUT2D eigenvalue weighted by Gasteiger charge is 2.20. The smallest absolute Gasteiger partial charge is 0.287 e. The Hall–Kier alpha value is -1.11. The summed E-state index contributed by atoms with van der Waals surface area (Å²) in [5, 5.41) is 16.4. The standard InChI is InChI=1S/C11H17ClN4O2/c1-8-7-15(3-2-13-8)9-6-14-16(4-5-17)11(18)10(9)12/h6,8,13,17H,2-5,7H2,1H3/t8-/m1/s1. The predicted octanol–water partition coefficient (Wildman–Crippen LogP) is -0.313. The van der Waals surface area contributed by atoms with Crippen LogP contribution in [-0.2, 0) is 6.54 Å². The van der Waals surface area contributed by atoms with E-state index in [1.54, 1.807) is 6.20 Å². The average Bonchev–Trinajstić information content (AvgIpc) is 2.35. The lowest BCUT2D eigenvalue weighted by atomic mass is 10.2. The molecule has 1 aliphatic heterocycles. The molecule has 0 spiro atoms. The SMILES string of the molecule is C[C@@H]1CN(c2cnn(CCO)c(=O)c2Cl)CCN1. The van der Waals surface area contributed by atoms with Gasteiger partial charge in [-0.05, 0) is 6.92 Å². The van der Waals surface area contributed by atoms with Gasteiger partial charge in [-0.2, -0.15) is 5.10 Å². The summed E-state index contributed by atoms with van der Waals surface area (Å²) in [6, 6.07) is 0.356. The van der Waals surface area contributed by atoms with Gasteiger partial charge in [0.05, 0.1) is 25.0 Å². The van der Waals surface area contributed by atoms with Crippen molar-refractivity contribution >= 4 is 17.3 Å². The Bertz CT molecular complexity index is 477. The van der Waals surface area contributed by atoms with Gasteiger partial charge >= 0.3 is 0 Å². The zero-order valence-electron chi connectivity index (χ0n) is 10.3. The summed E-state index contributed by atoms with van der Waals surface area (Å²) in [6.45, 7) is 4.57. The normalized spacial score (nSPS) is 20.2. The maximum Gasteiger partial charge on any atom is 0.287 e. The summed E-state index contributed by atoms with van der Waals surface area (Å²) in [5.41, 5.74) is 0.318. The molecule has 18 heavy (non-hydrogen) atoms. The van der Waals surface area contributed by atoms with E-state index in [2.05, 4.69) is 22.2 Å². The van der Waals surface area contributed by atoms with Crippen molar-refractivity contribution in [2.24, 2.45) is 0 Å². The van der Waals surface area contributed by atoms with E-state index in [4.69, 9.17) is 16.7 Å². The van der Waals surface area contributed by atoms with Crippen LogP contribution in [-0.4, -0.2) is 47.2 Å². The highest BCUT2D eigenvalue weighted by Crippen LogP contribution is 2.21. The molecule has 0 bridgehead atoms. The number of hydrogen-bond acceptors (Lipinski definition) is 5. The Kier molecular flexibility index (Phi) is 4.21. The molecule has 0 amide bonds. The van der Waals surface area contributed by atoms with Gasteiger partial charge in [-0.1, -0.05) is 11.6 Å². The van der Waals surface area contributed by atoms with Gasteiger partial charge in [-0.3, -0.25) is 4.79 Å². The van der Waals surface area contributed by atoms with Gasteiger partial charge in [-0.25, -0.2) is 4.68 Å². The Labute approximate surface area is 110 Å². The maximum absolute atomic E-state index is 11.9. The average molecular weight is 273 g/mol. The molecule has 1 aromatic heterocycles. The van der Waals surface area contributed by atoms with E-state index in [1.807, 2.05) is 0 Å². The van der Waals surface area contributed by atoms with Crippen molar-refractivity contribution in [1.82, 2.24) is 15.1 Å². The number of aromatic nitrogens is 2. The second-order valence-electron chi connectivity index (χ2n) is 4.40. The number of piperazine rings is 1. The third kappa shape index (κ3) is 2.66. The molecule has 1 aliphatic rings. The third-order valence-corrected chi connectivity index (χ3v) is 3.34. The maximum atomic E-state index is 11.9. The summed E-state index contributed by atoms with van der Waals surface area (Å²) in [5.74, 6) is 0. The van der Waals surface area contributed by atoms with Crippen LogP contribution in [0.3, 0.4) is 0 Å². The number of halogens is 1. The fourth-order valence-corrected chi connectivity index (χ4v) is 2.35. The van der Waals surface area contributed by atoms with Gasteiger partial charge in [-0.15, -0.1) is 0 Å². The Morgan fingerprint density at radius 2 is 2.44 bits per heavy atom. The largest absolute Gasteiger partial charge is 0.394 e. The molecule has 2 heterocycles. The summed E-state index contributed by atoms with van der Waals surface area (Å²) in [4.78, 5) is 14.0. The minimum absolute atomic E-state index is 0.132. The van der Waals surface area contributed by atoms with E-state index in [0.717, 1.165) is 19.6 Å². The molecule has 6 nitrogen and oxygen atoms in total. The minimum atomic E-state index is -0.352. The highest BCUT2D eigenvalue weighted by atomic mass is 35.5. The number of nitrogens with zero attached hydrogens (tertiary/aromatic N) is 3. The van der Waals surface area contributed by atoms with E-state index in [0.29, 0.717) is 11.7 Å². The van der Waals surface area contributed by atoms with E-state index < -0.39 is 0 Å². The van der Waals surface area contributed by atoms with Crippen LogP contribution in [0, 0.1) is 0 Å². The number of nitrogens with one attached hydrogen (secondary N) is 1. The van der Waals surface area contributed by atoms with Crippen LogP contribution in [0.2, 0.25) is 5.02 Å². The summed E-state index contributed by atoms with van der Waals surface area (Å²) >= 11 is 6.10. The van der Waals surface area contributed by atoms with Gasteiger partial charge in [0.2, 0.25) is 0 Å². The lowest BCUT2D eigenvalue weighted by Gasteiger charge is -2.33.